The van der Waals surface area contributed by atoms with Gasteiger partial charge in [-0.1, -0.05) is 63.7 Å². The lowest BCUT2D eigenvalue weighted by Crippen LogP contribution is -2.07. The molecule has 0 radical (unpaired) electrons. The van der Waals surface area contributed by atoms with Crippen molar-refractivity contribution in [3.8, 4) is 10.6 Å². The molecule has 0 saturated heterocycles. The minimum absolute atomic E-state index is 0.293. The van der Waals surface area contributed by atoms with Gasteiger partial charge in [-0.25, -0.2) is 4.98 Å². The lowest BCUT2D eigenvalue weighted by molar-refractivity contribution is 0.475. The lowest BCUT2D eigenvalue weighted by atomic mass is 10.0. The van der Waals surface area contributed by atoms with Gasteiger partial charge in [-0.3, -0.25) is 4.57 Å². The Kier molecular flexibility index (Phi) is 6.39. The van der Waals surface area contributed by atoms with Crippen LogP contribution in [-0.2, 0) is 12.3 Å². The summed E-state index contributed by atoms with van der Waals surface area (Å²) in [4.78, 5) is 4.84. The Hall–Kier alpha value is -2.38. The highest BCUT2D eigenvalue weighted by Gasteiger charge is 2.17. The van der Waals surface area contributed by atoms with E-state index in [-0.39, 0.29) is 0 Å². The standard InChI is InChI=1S/C23H26N4OS2/c1-15(2)17-7-9-18(10-8-17)22-24-19(13-29-22)14-30-23-26-25-21(16(3)4)27(23)12-20-6-5-11-28-20/h5-11,13,15-16H,12,14H2,1-4H3. The summed E-state index contributed by atoms with van der Waals surface area (Å²) in [5.74, 6) is 3.46. The molecule has 0 aliphatic rings. The molecular weight excluding hydrogens is 412 g/mol. The Morgan fingerprint density at radius 2 is 1.83 bits per heavy atom. The Morgan fingerprint density at radius 1 is 1.03 bits per heavy atom. The molecule has 0 N–H and O–H groups in total. The van der Waals surface area contributed by atoms with Crippen molar-refractivity contribution in [1.82, 2.24) is 19.7 Å². The Bertz CT molecular complexity index is 1080. The van der Waals surface area contributed by atoms with Crippen LogP contribution in [0.25, 0.3) is 10.6 Å². The fraction of sp³-hybridized carbons (Fsp3) is 0.348. The SMILES string of the molecule is CC(C)c1ccc(-c2nc(CSc3nnc(C(C)C)n3Cc3ccco3)cs2)cc1. The van der Waals surface area contributed by atoms with Crippen LogP contribution in [0.4, 0.5) is 0 Å². The molecule has 7 heteroatoms. The van der Waals surface area contributed by atoms with Gasteiger partial charge in [0.1, 0.15) is 16.6 Å². The first-order chi connectivity index (χ1) is 14.5. The number of benzene rings is 1. The summed E-state index contributed by atoms with van der Waals surface area (Å²) < 4.78 is 7.68. The summed E-state index contributed by atoms with van der Waals surface area (Å²) in [7, 11) is 0. The van der Waals surface area contributed by atoms with E-state index in [1.54, 1.807) is 29.4 Å². The monoisotopic (exact) mass is 438 g/mol. The van der Waals surface area contributed by atoms with Gasteiger partial charge >= 0.3 is 0 Å². The molecule has 0 aliphatic heterocycles. The molecular formula is C23H26N4OS2. The van der Waals surface area contributed by atoms with E-state index in [2.05, 4.69) is 72.1 Å². The first-order valence-electron chi connectivity index (χ1n) is 10.1. The summed E-state index contributed by atoms with van der Waals surface area (Å²) in [5.41, 5.74) is 3.58. The summed E-state index contributed by atoms with van der Waals surface area (Å²) in [6.07, 6.45) is 1.70. The summed E-state index contributed by atoms with van der Waals surface area (Å²) in [6.45, 7) is 9.33. The van der Waals surface area contributed by atoms with Gasteiger partial charge in [0.2, 0.25) is 0 Å². The largest absolute Gasteiger partial charge is 0.467 e. The number of rotatable bonds is 8. The number of aromatic nitrogens is 4. The summed E-state index contributed by atoms with van der Waals surface area (Å²) in [6, 6.07) is 12.6. The second-order valence-electron chi connectivity index (χ2n) is 7.87. The Labute approximate surface area is 185 Å². The summed E-state index contributed by atoms with van der Waals surface area (Å²) in [5, 5.41) is 12.9. The first-order valence-corrected chi connectivity index (χ1v) is 12.0. The second kappa shape index (κ2) is 9.18. The Balaban J connectivity index is 1.47. The van der Waals surface area contributed by atoms with E-state index in [1.165, 1.54) is 11.1 Å². The van der Waals surface area contributed by atoms with Crippen LogP contribution in [0.5, 0.6) is 0 Å². The molecule has 3 heterocycles. The highest BCUT2D eigenvalue weighted by molar-refractivity contribution is 7.98. The van der Waals surface area contributed by atoms with E-state index >= 15 is 0 Å². The number of furan rings is 1. The van der Waals surface area contributed by atoms with Crippen molar-refractivity contribution < 1.29 is 4.42 Å². The molecule has 0 atom stereocenters. The number of hydrogen-bond donors (Lipinski definition) is 0. The van der Waals surface area contributed by atoms with Gasteiger partial charge in [-0.2, -0.15) is 0 Å². The predicted octanol–water partition coefficient (Wildman–Crippen LogP) is 6.58. The molecule has 3 aromatic heterocycles. The van der Waals surface area contributed by atoms with Gasteiger partial charge < -0.3 is 4.42 Å². The number of nitrogens with zero attached hydrogens (tertiary/aromatic N) is 4. The minimum atomic E-state index is 0.293. The lowest BCUT2D eigenvalue weighted by Gasteiger charge is -2.10. The molecule has 0 unspecified atom stereocenters. The van der Waals surface area contributed by atoms with Crippen molar-refractivity contribution in [2.45, 2.75) is 57.0 Å². The third kappa shape index (κ3) is 4.68. The topological polar surface area (TPSA) is 56.7 Å². The van der Waals surface area contributed by atoms with Gasteiger partial charge in [-0.15, -0.1) is 21.5 Å². The molecule has 4 rings (SSSR count). The average molecular weight is 439 g/mol. The smallest absolute Gasteiger partial charge is 0.192 e. The fourth-order valence-corrected chi connectivity index (χ4v) is 4.96. The van der Waals surface area contributed by atoms with Crippen LogP contribution in [0.15, 0.2) is 57.6 Å². The van der Waals surface area contributed by atoms with Crippen molar-refractivity contribution in [2.75, 3.05) is 0 Å². The van der Waals surface area contributed by atoms with Gasteiger partial charge in [0.15, 0.2) is 5.16 Å². The van der Waals surface area contributed by atoms with E-state index in [0.717, 1.165) is 33.2 Å². The Morgan fingerprint density at radius 3 is 2.50 bits per heavy atom. The van der Waals surface area contributed by atoms with E-state index < -0.39 is 0 Å². The average Bonchev–Trinajstić information content (AvgIpc) is 3.48. The fourth-order valence-electron chi connectivity index (χ4n) is 3.20. The van der Waals surface area contributed by atoms with Crippen LogP contribution in [-0.4, -0.2) is 19.7 Å². The third-order valence-corrected chi connectivity index (χ3v) is 6.82. The van der Waals surface area contributed by atoms with Crippen LogP contribution in [0.3, 0.4) is 0 Å². The van der Waals surface area contributed by atoms with Crippen LogP contribution < -0.4 is 0 Å². The molecule has 30 heavy (non-hydrogen) atoms. The zero-order chi connectivity index (χ0) is 21.1. The van der Waals surface area contributed by atoms with Crippen molar-refractivity contribution in [2.24, 2.45) is 0 Å². The van der Waals surface area contributed by atoms with Gasteiger partial charge in [-0.05, 0) is 23.6 Å². The molecule has 0 saturated carbocycles. The molecule has 0 amide bonds. The van der Waals surface area contributed by atoms with E-state index in [9.17, 15) is 0 Å². The highest BCUT2D eigenvalue weighted by atomic mass is 32.2. The van der Waals surface area contributed by atoms with Crippen LogP contribution in [0, 0.1) is 0 Å². The second-order valence-corrected chi connectivity index (χ2v) is 9.67. The highest BCUT2D eigenvalue weighted by Crippen LogP contribution is 2.30. The van der Waals surface area contributed by atoms with Crippen LogP contribution in [0.2, 0.25) is 0 Å². The molecule has 5 nitrogen and oxygen atoms in total. The third-order valence-electron chi connectivity index (χ3n) is 4.88. The predicted molar refractivity (Wildman–Crippen MR) is 123 cm³/mol. The van der Waals surface area contributed by atoms with Crippen molar-refractivity contribution in [3.63, 3.8) is 0 Å². The molecule has 0 spiro atoms. The van der Waals surface area contributed by atoms with E-state index in [0.29, 0.717) is 18.4 Å². The molecule has 1 aromatic carbocycles. The number of thioether (sulfide) groups is 1. The maximum atomic E-state index is 5.54. The minimum Gasteiger partial charge on any atom is -0.467 e. The maximum absolute atomic E-state index is 5.54. The zero-order valence-electron chi connectivity index (χ0n) is 17.7. The molecule has 0 fully saturated rings. The summed E-state index contributed by atoms with van der Waals surface area (Å²) >= 11 is 3.35. The van der Waals surface area contributed by atoms with Crippen LogP contribution >= 0.6 is 23.1 Å². The van der Waals surface area contributed by atoms with Crippen molar-refractivity contribution >= 4 is 23.1 Å². The van der Waals surface area contributed by atoms with Gasteiger partial charge in [0.05, 0.1) is 18.5 Å². The van der Waals surface area contributed by atoms with Crippen molar-refractivity contribution in [1.29, 1.82) is 0 Å². The molecule has 4 aromatic rings. The quantitative estimate of drug-likeness (QED) is 0.291. The molecule has 0 aliphatic carbocycles. The van der Waals surface area contributed by atoms with Crippen LogP contribution in [0.1, 0.15) is 62.4 Å². The van der Waals surface area contributed by atoms with Gasteiger partial charge in [0, 0.05) is 22.6 Å². The maximum Gasteiger partial charge on any atom is 0.192 e. The normalized spacial score (nSPS) is 11.7. The zero-order valence-corrected chi connectivity index (χ0v) is 19.3. The molecule has 0 bridgehead atoms. The van der Waals surface area contributed by atoms with E-state index in [4.69, 9.17) is 9.40 Å². The number of thiazole rings is 1. The first kappa shape index (κ1) is 20.9. The van der Waals surface area contributed by atoms with Gasteiger partial charge in [0.25, 0.3) is 0 Å². The van der Waals surface area contributed by atoms with Crippen molar-refractivity contribution in [3.05, 3.63) is 70.9 Å². The molecule has 156 valence electrons. The van der Waals surface area contributed by atoms with E-state index in [1.807, 2.05) is 12.1 Å². The number of hydrogen-bond acceptors (Lipinski definition) is 6.